The lowest BCUT2D eigenvalue weighted by Gasteiger charge is -2.17. The number of amidine groups is 1. The number of tetrazole rings is 1. The molecule has 0 aliphatic carbocycles. The van der Waals surface area contributed by atoms with Crippen molar-refractivity contribution in [2.75, 3.05) is 14.1 Å². The van der Waals surface area contributed by atoms with E-state index in [0.717, 1.165) is 21.4 Å². The molecule has 3 rings (SSSR count). The van der Waals surface area contributed by atoms with E-state index < -0.39 is 0 Å². The Labute approximate surface area is 179 Å². The van der Waals surface area contributed by atoms with Gasteiger partial charge in [0.15, 0.2) is 0 Å². The maximum atomic E-state index is 13.1. The number of benzene rings is 2. The van der Waals surface area contributed by atoms with Crippen molar-refractivity contribution < 1.29 is 9.13 Å². The minimum atomic E-state index is -0.354. The van der Waals surface area contributed by atoms with Gasteiger partial charge in [-0.15, -0.1) is 0 Å². The van der Waals surface area contributed by atoms with Crippen LogP contribution in [0.5, 0.6) is 0 Å². The van der Waals surface area contributed by atoms with Crippen LogP contribution in [0.2, 0.25) is 0 Å². The van der Waals surface area contributed by atoms with Gasteiger partial charge in [-0.05, 0) is 53.6 Å². The van der Waals surface area contributed by atoms with E-state index in [1.807, 2.05) is 19.1 Å². The molecular weight excluding hydrogens is 401 g/mol. The number of hydrogen-bond acceptors (Lipinski definition) is 6. The highest BCUT2D eigenvalue weighted by atomic mass is 19.1. The number of nitrogens with zero attached hydrogens (tertiary/aromatic N) is 7. The van der Waals surface area contributed by atoms with Gasteiger partial charge in [0.2, 0.25) is 0 Å². The van der Waals surface area contributed by atoms with E-state index >= 15 is 0 Å². The Kier molecular flexibility index (Phi) is 6.58. The van der Waals surface area contributed by atoms with Gasteiger partial charge in [0.1, 0.15) is 12.4 Å². The molecule has 1 heterocycles. The summed E-state index contributed by atoms with van der Waals surface area (Å²) < 4.78 is 21.4. The summed E-state index contributed by atoms with van der Waals surface area (Å²) in [7, 11) is 5.11. The molecule has 0 atom stereocenters. The standard InChI is InChI=1S/C21H24FN7O2/c1-14-7-6-8-19(29-21(30)28(5)25-26-29)18(14)13-31-20(27(3)4)24-23-15(2)16-9-11-17(22)12-10-16/h6-12H,13H2,1-5H3/b23-15+,24-20+. The zero-order valence-corrected chi connectivity index (χ0v) is 18.1. The molecule has 0 aliphatic heterocycles. The molecule has 0 amide bonds. The summed E-state index contributed by atoms with van der Waals surface area (Å²) in [5, 5.41) is 16.1. The number of halogens is 1. The van der Waals surface area contributed by atoms with Crippen molar-refractivity contribution in [1.29, 1.82) is 0 Å². The van der Waals surface area contributed by atoms with Crippen molar-refractivity contribution in [1.82, 2.24) is 24.7 Å². The second-order valence-electron chi connectivity index (χ2n) is 7.13. The van der Waals surface area contributed by atoms with Crippen molar-refractivity contribution in [2.45, 2.75) is 20.5 Å². The monoisotopic (exact) mass is 425 g/mol. The van der Waals surface area contributed by atoms with Gasteiger partial charge in [0, 0.05) is 26.7 Å². The van der Waals surface area contributed by atoms with Crippen LogP contribution in [-0.4, -0.2) is 50.5 Å². The maximum absolute atomic E-state index is 13.1. The Morgan fingerprint density at radius 1 is 1.13 bits per heavy atom. The molecule has 3 aromatic rings. The molecule has 2 aromatic carbocycles. The summed E-state index contributed by atoms with van der Waals surface area (Å²) in [4.78, 5) is 14.0. The van der Waals surface area contributed by atoms with E-state index in [1.165, 1.54) is 23.9 Å². The molecule has 0 saturated heterocycles. The van der Waals surface area contributed by atoms with Gasteiger partial charge in [-0.1, -0.05) is 29.4 Å². The molecular formula is C21H24FN7O2. The third-order valence-electron chi connectivity index (χ3n) is 4.61. The summed E-state index contributed by atoms with van der Waals surface area (Å²) in [5.41, 5.74) is 3.31. The Balaban J connectivity index is 1.86. The summed E-state index contributed by atoms with van der Waals surface area (Å²) in [6.45, 7) is 3.85. The molecule has 0 bridgehead atoms. The molecule has 10 heteroatoms. The minimum Gasteiger partial charge on any atom is -0.459 e. The van der Waals surface area contributed by atoms with Crippen molar-refractivity contribution in [3.05, 3.63) is 75.5 Å². The fraction of sp³-hybridized carbons (Fsp3) is 0.286. The molecule has 0 N–H and O–H groups in total. The first kappa shape index (κ1) is 21.9. The van der Waals surface area contributed by atoms with E-state index in [0.29, 0.717) is 11.4 Å². The molecule has 0 aliphatic rings. The van der Waals surface area contributed by atoms with E-state index in [2.05, 4.69) is 20.6 Å². The fourth-order valence-corrected chi connectivity index (χ4v) is 2.79. The molecule has 0 unspecified atom stereocenters. The maximum Gasteiger partial charge on any atom is 0.368 e. The smallest absolute Gasteiger partial charge is 0.368 e. The average Bonchev–Trinajstić information content (AvgIpc) is 3.07. The third kappa shape index (κ3) is 5.03. The zero-order chi connectivity index (χ0) is 22.5. The van der Waals surface area contributed by atoms with Gasteiger partial charge in [0.05, 0.1) is 11.4 Å². The van der Waals surface area contributed by atoms with Crippen molar-refractivity contribution in [3.8, 4) is 5.69 Å². The predicted octanol–water partition coefficient (Wildman–Crippen LogP) is 2.27. The summed E-state index contributed by atoms with van der Waals surface area (Å²) in [6.07, 6.45) is 0. The first-order chi connectivity index (χ1) is 14.8. The Morgan fingerprint density at radius 3 is 2.45 bits per heavy atom. The molecule has 0 radical (unpaired) electrons. The second-order valence-corrected chi connectivity index (χ2v) is 7.13. The van der Waals surface area contributed by atoms with Crippen LogP contribution in [0.3, 0.4) is 0 Å². The number of ether oxygens (including phenoxy) is 1. The molecule has 0 fully saturated rings. The van der Waals surface area contributed by atoms with Gasteiger partial charge in [0.25, 0.3) is 0 Å². The number of aryl methyl sites for hydroxylation is 2. The second kappa shape index (κ2) is 9.33. The quantitative estimate of drug-likeness (QED) is 0.355. The SMILES string of the molecule is C/C(=N\N=C(\OCc1c(C)cccc1-n1nnn(C)c1=O)N(C)C)c1ccc(F)cc1. The zero-order valence-electron chi connectivity index (χ0n) is 18.1. The number of aromatic nitrogens is 4. The number of hydrogen-bond donors (Lipinski definition) is 0. The normalized spacial score (nSPS) is 12.2. The summed E-state index contributed by atoms with van der Waals surface area (Å²) >= 11 is 0. The van der Waals surface area contributed by atoms with Crippen LogP contribution >= 0.6 is 0 Å². The lowest BCUT2D eigenvalue weighted by Crippen LogP contribution is -2.26. The van der Waals surface area contributed by atoms with Crippen molar-refractivity contribution in [2.24, 2.45) is 17.3 Å². The lowest BCUT2D eigenvalue weighted by atomic mass is 10.1. The summed E-state index contributed by atoms with van der Waals surface area (Å²) in [5.74, 6) is -0.311. The van der Waals surface area contributed by atoms with Gasteiger partial charge in [-0.2, -0.15) is 14.5 Å². The Morgan fingerprint density at radius 2 is 1.84 bits per heavy atom. The first-order valence-electron chi connectivity index (χ1n) is 9.54. The van der Waals surface area contributed by atoms with E-state index in [9.17, 15) is 9.18 Å². The first-order valence-corrected chi connectivity index (χ1v) is 9.54. The number of rotatable bonds is 5. The van der Waals surface area contributed by atoms with Gasteiger partial charge >= 0.3 is 11.7 Å². The summed E-state index contributed by atoms with van der Waals surface area (Å²) in [6, 6.07) is 11.8. The molecule has 1 aromatic heterocycles. The minimum absolute atomic E-state index is 0.146. The Bertz CT molecular complexity index is 1180. The van der Waals surface area contributed by atoms with Crippen LogP contribution in [0.4, 0.5) is 4.39 Å². The average molecular weight is 425 g/mol. The highest BCUT2D eigenvalue weighted by Gasteiger charge is 2.15. The van der Waals surface area contributed by atoms with Gasteiger partial charge < -0.3 is 9.64 Å². The highest BCUT2D eigenvalue weighted by molar-refractivity contribution is 5.98. The van der Waals surface area contributed by atoms with Crippen molar-refractivity contribution in [3.63, 3.8) is 0 Å². The van der Waals surface area contributed by atoms with E-state index in [4.69, 9.17) is 4.74 Å². The predicted molar refractivity (Wildman–Crippen MR) is 116 cm³/mol. The van der Waals surface area contributed by atoms with E-state index in [1.54, 1.807) is 44.1 Å². The molecule has 162 valence electrons. The van der Waals surface area contributed by atoms with Gasteiger partial charge in [-0.25, -0.2) is 9.18 Å². The van der Waals surface area contributed by atoms with Gasteiger partial charge in [-0.3, -0.25) is 0 Å². The molecule has 0 saturated carbocycles. The third-order valence-corrected chi connectivity index (χ3v) is 4.61. The molecule has 9 nitrogen and oxygen atoms in total. The van der Waals surface area contributed by atoms with Crippen LogP contribution < -0.4 is 5.69 Å². The van der Waals surface area contributed by atoms with E-state index in [-0.39, 0.29) is 24.1 Å². The largest absolute Gasteiger partial charge is 0.459 e. The topological polar surface area (TPSA) is 89.9 Å². The molecule has 0 spiro atoms. The van der Waals surface area contributed by atoms with Crippen LogP contribution in [0.1, 0.15) is 23.6 Å². The molecule has 31 heavy (non-hydrogen) atoms. The fourth-order valence-electron chi connectivity index (χ4n) is 2.79. The highest BCUT2D eigenvalue weighted by Crippen LogP contribution is 2.18. The van der Waals surface area contributed by atoms with Crippen LogP contribution in [0.15, 0.2) is 57.5 Å². The Hall–Kier alpha value is -3.82. The van der Waals surface area contributed by atoms with Crippen LogP contribution in [0, 0.1) is 12.7 Å². The van der Waals surface area contributed by atoms with Crippen LogP contribution in [0.25, 0.3) is 5.69 Å². The van der Waals surface area contributed by atoms with Crippen LogP contribution in [-0.2, 0) is 18.4 Å². The van der Waals surface area contributed by atoms with Crippen molar-refractivity contribution >= 4 is 11.7 Å². The lowest BCUT2D eigenvalue weighted by molar-refractivity contribution is 0.244.